The number of aliphatic carboxylic acids is 1. The van der Waals surface area contributed by atoms with Gasteiger partial charge in [-0.15, -0.1) is 0 Å². The SMILES string of the molecule is CC/C=C/C/C=C/CCCCCCCCCC(=O)OC(COCCC(C(=O)O)[N+](C)(C)C)COC(=O)CCCCCCCCCCCCCCCCCCC. The summed E-state index contributed by atoms with van der Waals surface area (Å²) in [5.41, 5.74) is 0. The van der Waals surface area contributed by atoms with Crippen LogP contribution in [0.1, 0.15) is 206 Å². The lowest BCUT2D eigenvalue weighted by molar-refractivity contribution is -0.887. The average Bonchev–Trinajstić information content (AvgIpc) is 3.14. The van der Waals surface area contributed by atoms with Crippen molar-refractivity contribution < 1.29 is 38.2 Å². The molecule has 0 heterocycles. The highest BCUT2D eigenvalue weighted by atomic mass is 16.6. The molecule has 0 saturated carbocycles. The molecular weight excluding hydrogens is 691 g/mol. The number of esters is 2. The second-order valence-electron chi connectivity index (χ2n) is 16.6. The second-order valence-corrected chi connectivity index (χ2v) is 16.6. The van der Waals surface area contributed by atoms with Crippen LogP contribution in [0.2, 0.25) is 0 Å². The van der Waals surface area contributed by atoms with Gasteiger partial charge in [0, 0.05) is 19.3 Å². The third kappa shape index (κ3) is 37.2. The lowest BCUT2D eigenvalue weighted by atomic mass is 10.0. The van der Waals surface area contributed by atoms with Gasteiger partial charge >= 0.3 is 17.9 Å². The normalized spacial score (nSPS) is 13.1. The van der Waals surface area contributed by atoms with Gasteiger partial charge in [0.1, 0.15) is 6.61 Å². The van der Waals surface area contributed by atoms with Crippen LogP contribution in [-0.2, 0) is 28.6 Å². The summed E-state index contributed by atoms with van der Waals surface area (Å²) in [6, 6.07) is -0.613. The molecule has 0 aliphatic rings. The molecule has 0 fully saturated rings. The van der Waals surface area contributed by atoms with Gasteiger partial charge in [0.15, 0.2) is 12.1 Å². The first kappa shape index (κ1) is 52.8. The molecule has 0 amide bonds. The van der Waals surface area contributed by atoms with Crippen molar-refractivity contribution >= 4 is 17.9 Å². The Labute approximate surface area is 339 Å². The summed E-state index contributed by atoms with van der Waals surface area (Å²) in [5, 5.41) is 9.62. The van der Waals surface area contributed by atoms with E-state index in [1.54, 1.807) is 0 Å². The number of likely N-dealkylation sites (N-methyl/N-ethyl adjacent to an activating group) is 1. The number of hydrogen-bond acceptors (Lipinski definition) is 6. The van der Waals surface area contributed by atoms with Gasteiger partial charge in [0.2, 0.25) is 0 Å². The van der Waals surface area contributed by atoms with Crippen LogP contribution in [0.4, 0.5) is 0 Å². The van der Waals surface area contributed by atoms with Crippen molar-refractivity contribution in [3.63, 3.8) is 0 Å². The summed E-state index contributed by atoms with van der Waals surface area (Å²) in [6.07, 6.45) is 42.2. The van der Waals surface area contributed by atoms with Gasteiger partial charge in [0.25, 0.3) is 0 Å². The van der Waals surface area contributed by atoms with Crippen LogP contribution in [-0.4, -0.2) is 80.6 Å². The number of hydrogen-bond donors (Lipinski definition) is 1. The van der Waals surface area contributed by atoms with E-state index >= 15 is 0 Å². The Bertz CT molecular complexity index is 957. The minimum absolute atomic E-state index is 0.0497. The molecule has 8 nitrogen and oxygen atoms in total. The standard InChI is InChI=1S/C47H87NO7/c1-6-8-10-12-14-16-18-20-22-23-24-26-27-29-31-33-35-37-45(49)54-42-43(41-53-40-39-44(47(51)52)48(3,4)5)55-46(50)38-36-34-32-30-28-25-21-19-17-15-13-11-9-7-2/h9,11,15,17,43-44H,6-8,10,12-14,16,18-42H2,1-5H3/p+1/b11-9+,17-15+. The van der Waals surface area contributed by atoms with Crippen LogP contribution in [0, 0.1) is 0 Å². The predicted molar refractivity (Wildman–Crippen MR) is 229 cm³/mol. The van der Waals surface area contributed by atoms with Crippen LogP contribution < -0.4 is 0 Å². The fraction of sp³-hybridized carbons (Fsp3) is 0.851. The number of carboxylic acid groups (broad SMARTS) is 1. The van der Waals surface area contributed by atoms with Crippen molar-refractivity contribution in [3.05, 3.63) is 24.3 Å². The third-order valence-corrected chi connectivity index (χ3v) is 10.4. The van der Waals surface area contributed by atoms with E-state index in [9.17, 15) is 19.5 Å². The first-order valence-electron chi connectivity index (χ1n) is 22.9. The van der Waals surface area contributed by atoms with Gasteiger partial charge in [-0.2, -0.15) is 0 Å². The maximum absolute atomic E-state index is 12.7. The second kappa shape index (κ2) is 38.7. The quantitative estimate of drug-likeness (QED) is 0.0285. The lowest BCUT2D eigenvalue weighted by Crippen LogP contribution is -2.50. The molecule has 322 valence electrons. The molecule has 0 aromatic carbocycles. The highest BCUT2D eigenvalue weighted by Gasteiger charge is 2.31. The molecule has 0 spiro atoms. The first-order valence-corrected chi connectivity index (χ1v) is 22.9. The molecule has 1 N–H and O–H groups in total. The van der Waals surface area contributed by atoms with E-state index in [4.69, 9.17) is 14.2 Å². The fourth-order valence-corrected chi connectivity index (χ4v) is 6.84. The van der Waals surface area contributed by atoms with E-state index in [0.717, 1.165) is 57.8 Å². The number of carbonyl (C=O) groups is 3. The molecule has 2 unspecified atom stereocenters. The van der Waals surface area contributed by atoms with Crippen LogP contribution >= 0.6 is 0 Å². The Morgan fingerprint density at radius 2 is 1.02 bits per heavy atom. The van der Waals surface area contributed by atoms with E-state index in [1.807, 2.05) is 21.1 Å². The van der Waals surface area contributed by atoms with E-state index in [2.05, 4.69) is 38.2 Å². The maximum atomic E-state index is 12.7. The molecule has 0 bridgehead atoms. The van der Waals surface area contributed by atoms with Crippen molar-refractivity contribution in [2.45, 2.75) is 219 Å². The van der Waals surface area contributed by atoms with Crippen molar-refractivity contribution in [2.24, 2.45) is 0 Å². The zero-order valence-electron chi connectivity index (χ0n) is 36.6. The fourth-order valence-electron chi connectivity index (χ4n) is 6.84. The highest BCUT2D eigenvalue weighted by Crippen LogP contribution is 2.16. The number of ether oxygens (including phenoxy) is 3. The zero-order chi connectivity index (χ0) is 40.7. The van der Waals surface area contributed by atoms with Crippen molar-refractivity contribution in [1.29, 1.82) is 0 Å². The number of carboxylic acids is 1. The molecule has 55 heavy (non-hydrogen) atoms. The van der Waals surface area contributed by atoms with Gasteiger partial charge in [-0.1, -0.05) is 173 Å². The van der Waals surface area contributed by atoms with Gasteiger partial charge in [-0.05, 0) is 38.5 Å². The highest BCUT2D eigenvalue weighted by molar-refractivity contribution is 5.72. The van der Waals surface area contributed by atoms with Crippen molar-refractivity contribution in [3.8, 4) is 0 Å². The zero-order valence-corrected chi connectivity index (χ0v) is 36.6. The van der Waals surface area contributed by atoms with Crippen molar-refractivity contribution in [1.82, 2.24) is 0 Å². The summed E-state index contributed by atoms with van der Waals surface area (Å²) in [5.74, 6) is -1.47. The molecular formula is C47H88NO7+. The minimum atomic E-state index is -0.875. The molecule has 0 aliphatic heterocycles. The lowest BCUT2D eigenvalue weighted by Gasteiger charge is -2.31. The smallest absolute Gasteiger partial charge is 0.362 e. The molecule has 0 aromatic heterocycles. The number of nitrogens with zero attached hydrogens (tertiary/aromatic N) is 1. The minimum Gasteiger partial charge on any atom is -0.477 e. The number of allylic oxidation sites excluding steroid dienone is 4. The summed E-state index contributed by atoms with van der Waals surface area (Å²) in [4.78, 5) is 37.0. The summed E-state index contributed by atoms with van der Waals surface area (Å²) in [7, 11) is 5.53. The van der Waals surface area contributed by atoms with Gasteiger partial charge in [-0.3, -0.25) is 9.59 Å². The number of quaternary nitrogens is 1. The van der Waals surface area contributed by atoms with Crippen LogP contribution in [0.3, 0.4) is 0 Å². The van der Waals surface area contributed by atoms with E-state index in [0.29, 0.717) is 19.3 Å². The topological polar surface area (TPSA) is 99.1 Å². The number of unbranched alkanes of at least 4 members (excludes halogenated alkanes) is 23. The van der Waals surface area contributed by atoms with Crippen LogP contribution in [0.15, 0.2) is 24.3 Å². The Morgan fingerprint density at radius 1 is 0.564 bits per heavy atom. The number of rotatable bonds is 41. The molecule has 2 atom stereocenters. The van der Waals surface area contributed by atoms with E-state index in [1.165, 1.54) is 116 Å². The molecule has 8 heteroatoms. The third-order valence-electron chi connectivity index (χ3n) is 10.4. The van der Waals surface area contributed by atoms with Crippen LogP contribution in [0.5, 0.6) is 0 Å². The average molecular weight is 779 g/mol. The van der Waals surface area contributed by atoms with Gasteiger partial charge < -0.3 is 23.8 Å². The summed E-state index contributed by atoms with van der Waals surface area (Å²) >= 11 is 0. The molecule has 0 saturated heterocycles. The largest absolute Gasteiger partial charge is 0.477 e. The molecule has 0 aromatic rings. The molecule has 0 radical (unpaired) electrons. The van der Waals surface area contributed by atoms with Crippen LogP contribution in [0.25, 0.3) is 0 Å². The predicted octanol–water partition coefficient (Wildman–Crippen LogP) is 12.5. The summed E-state index contributed by atoms with van der Waals surface area (Å²) < 4.78 is 17.3. The Kier molecular flexibility index (Phi) is 37.1. The van der Waals surface area contributed by atoms with Crippen molar-refractivity contribution in [2.75, 3.05) is 41.0 Å². The number of carbonyl (C=O) groups excluding carboxylic acids is 2. The maximum Gasteiger partial charge on any atom is 0.362 e. The Morgan fingerprint density at radius 3 is 1.49 bits per heavy atom. The first-order chi connectivity index (χ1) is 26.6. The summed E-state index contributed by atoms with van der Waals surface area (Å²) in [6.45, 7) is 4.65. The molecule has 0 rings (SSSR count). The monoisotopic (exact) mass is 779 g/mol. The Hall–Kier alpha value is -2.19. The molecule has 0 aliphatic carbocycles. The van der Waals surface area contributed by atoms with Gasteiger partial charge in [0.05, 0.1) is 34.4 Å². The van der Waals surface area contributed by atoms with Gasteiger partial charge in [-0.25, -0.2) is 4.79 Å². The Balaban J connectivity index is 4.28. The van der Waals surface area contributed by atoms with E-state index < -0.39 is 18.1 Å². The van der Waals surface area contributed by atoms with E-state index in [-0.39, 0.29) is 36.2 Å².